The quantitative estimate of drug-likeness (QED) is 0.398. The van der Waals surface area contributed by atoms with Gasteiger partial charge in [-0.05, 0) is 63.3 Å². The molecular formula is C21H22N2O5S. The number of ketones is 1. The van der Waals surface area contributed by atoms with Gasteiger partial charge in [0.2, 0.25) is 0 Å². The Morgan fingerprint density at radius 1 is 0.828 bits per heavy atom. The van der Waals surface area contributed by atoms with Gasteiger partial charge >= 0.3 is 11.9 Å². The molecule has 0 radical (unpaired) electrons. The number of carbonyl (C=O) groups excluding carboxylic acids is 3. The second kappa shape index (κ2) is 10.3. The molecule has 0 amide bonds. The number of carbonyl (C=O) groups is 3. The summed E-state index contributed by atoms with van der Waals surface area (Å²) < 4.78 is 10.0. The summed E-state index contributed by atoms with van der Waals surface area (Å²) in [6.07, 6.45) is 0. The minimum Gasteiger partial charge on any atom is -0.462 e. The molecule has 0 aliphatic rings. The lowest BCUT2D eigenvalue weighted by molar-refractivity contribution is 0.0525. The van der Waals surface area contributed by atoms with Crippen LogP contribution in [-0.4, -0.2) is 36.0 Å². The highest BCUT2D eigenvalue weighted by Crippen LogP contribution is 2.18. The first-order chi connectivity index (χ1) is 13.8. The maximum atomic E-state index is 12.1. The van der Waals surface area contributed by atoms with Gasteiger partial charge < -0.3 is 20.1 Å². The summed E-state index contributed by atoms with van der Waals surface area (Å²) in [5, 5.41) is 6.13. The molecule has 2 aromatic rings. The van der Waals surface area contributed by atoms with Gasteiger partial charge in [-0.25, -0.2) is 9.59 Å². The summed E-state index contributed by atoms with van der Waals surface area (Å²) in [7, 11) is 0. The highest BCUT2D eigenvalue weighted by molar-refractivity contribution is 7.80. The van der Waals surface area contributed by atoms with Crippen LogP contribution in [0, 0.1) is 0 Å². The number of anilines is 2. The summed E-state index contributed by atoms with van der Waals surface area (Å²) in [5.74, 6) is -1.18. The molecule has 0 heterocycles. The fourth-order valence-corrected chi connectivity index (χ4v) is 2.71. The van der Waals surface area contributed by atoms with Crippen molar-refractivity contribution in [2.24, 2.45) is 0 Å². The number of hydrogen-bond acceptors (Lipinski definition) is 6. The number of Topliss-reactive ketones (excluding diaryl/α,β-unsaturated/α-hetero) is 1. The van der Waals surface area contributed by atoms with E-state index < -0.39 is 11.9 Å². The van der Waals surface area contributed by atoms with E-state index in [1.807, 2.05) is 0 Å². The van der Waals surface area contributed by atoms with E-state index in [0.29, 0.717) is 16.9 Å². The molecule has 0 aromatic heterocycles. The maximum absolute atomic E-state index is 12.1. The maximum Gasteiger partial charge on any atom is 0.338 e. The van der Waals surface area contributed by atoms with Crippen molar-refractivity contribution in [1.82, 2.24) is 0 Å². The van der Waals surface area contributed by atoms with Gasteiger partial charge in [-0.1, -0.05) is 12.1 Å². The number of benzene rings is 2. The van der Waals surface area contributed by atoms with Crippen molar-refractivity contribution in [2.45, 2.75) is 20.8 Å². The number of rotatable bonds is 7. The van der Waals surface area contributed by atoms with Crippen molar-refractivity contribution in [2.75, 3.05) is 23.8 Å². The van der Waals surface area contributed by atoms with E-state index in [-0.39, 0.29) is 35.2 Å². The molecule has 0 aliphatic heterocycles. The van der Waals surface area contributed by atoms with E-state index in [0.717, 1.165) is 0 Å². The van der Waals surface area contributed by atoms with Gasteiger partial charge in [0.1, 0.15) is 0 Å². The average Bonchev–Trinajstić information content (AvgIpc) is 2.68. The molecule has 2 N–H and O–H groups in total. The number of ether oxygens (including phenoxy) is 2. The van der Waals surface area contributed by atoms with Crippen molar-refractivity contribution < 1.29 is 23.9 Å². The molecule has 0 saturated heterocycles. The van der Waals surface area contributed by atoms with Crippen molar-refractivity contribution in [3.05, 3.63) is 59.2 Å². The Kier molecular flexibility index (Phi) is 7.85. The van der Waals surface area contributed by atoms with E-state index in [4.69, 9.17) is 21.7 Å². The number of esters is 2. The van der Waals surface area contributed by atoms with Crippen molar-refractivity contribution in [1.29, 1.82) is 0 Å². The lowest BCUT2D eigenvalue weighted by atomic mass is 10.1. The van der Waals surface area contributed by atoms with Crippen LogP contribution in [0.4, 0.5) is 11.4 Å². The molecule has 152 valence electrons. The third-order valence-corrected chi connectivity index (χ3v) is 3.94. The van der Waals surface area contributed by atoms with Crippen LogP contribution in [0.25, 0.3) is 0 Å². The molecule has 2 aromatic carbocycles. The molecule has 0 aliphatic carbocycles. The minimum atomic E-state index is -0.560. The predicted octanol–water partition coefficient (Wildman–Crippen LogP) is 4.05. The molecule has 0 atom stereocenters. The van der Waals surface area contributed by atoms with Gasteiger partial charge in [0, 0.05) is 16.9 Å². The largest absolute Gasteiger partial charge is 0.462 e. The Hall–Kier alpha value is -3.26. The topological polar surface area (TPSA) is 93.7 Å². The summed E-state index contributed by atoms with van der Waals surface area (Å²) >= 11 is 5.31. The third kappa shape index (κ3) is 6.39. The highest BCUT2D eigenvalue weighted by atomic mass is 32.1. The zero-order valence-electron chi connectivity index (χ0n) is 16.4. The Balaban J connectivity index is 2.24. The lowest BCUT2D eigenvalue weighted by Crippen LogP contribution is -2.20. The van der Waals surface area contributed by atoms with Gasteiger partial charge in [0.05, 0.1) is 24.3 Å². The zero-order chi connectivity index (χ0) is 21.4. The third-order valence-electron chi connectivity index (χ3n) is 3.74. The number of hydrogen-bond donors (Lipinski definition) is 2. The number of nitrogens with one attached hydrogen (secondary N) is 2. The molecule has 0 bridgehead atoms. The second-order valence-corrected chi connectivity index (χ2v) is 6.36. The Bertz CT molecular complexity index is 906. The fourth-order valence-electron chi connectivity index (χ4n) is 2.47. The van der Waals surface area contributed by atoms with Crippen molar-refractivity contribution in [3.8, 4) is 0 Å². The van der Waals surface area contributed by atoms with E-state index in [1.165, 1.54) is 25.1 Å². The van der Waals surface area contributed by atoms with Crippen LogP contribution in [0.5, 0.6) is 0 Å². The molecule has 0 fully saturated rings. The van der Waals surface area contributed by atoms with Crippen molar-refractivity contribution in [3.63, 3.8) is 0 Å². The van der Waals surface area contributed by atoms with E-state index in [9.17, 15) is 14.4 Å². The van der Waals surface area contributed by atoms with Gasteiger partial charge in [0.25, 0.3) is 0 Å². The lowest BCUT2D eigenvalue weighted by Gasteiger charge is -2.13. The van der Waals surface area contributed by atoms with E-state index in [2.05, 4.69) is 10.6 Å². The standard InChI is InChI=1S/C21H22N2O5S/c1-4-27-19(25)15-9-16(20(26)28-5-2)12-18(11-15)23-21(29)22-17-8-6-7-14(10-17)13(3)24/h6-12H,4-5H2,1-3H3,(H2,22,23,29). The van der Waals surface area contributed by atoms with E-state index >= 15 is 0 Å². The Labute approximate surface area is 174 Å². The number of thiocarbonyl (C=S) groups is 1. The summed E-state index contributed by atoms with van der Waals surface area (Å²) in [4.78, 5) is 35.8. The molecule has 0 saturated carbocycles. The molecule has 0 unspecified atom stereocenters. The molecule has 29 heavy (non-hydrogen) atoms. The van der Waals surface area contributed by atoms with E-state index in [1.54, 1.807) is 38.1 Å². The SMILES string of the molecule is CCOC(=O)c1cc(NC(=S)Nc2cccc(C(C)=O)c2)cc(C(=O)OCC)c1. The molecule has 0 spiro atoms. The molecule has 8 heteroatoms. The second-order valence-electron chi connectivity index (χ2n) is 5.96. The summed E-state index contributed by atoms with van der Waals surface area (Å²) in [6.45, 7) is 5.28. The smallest absolute Gasteiger partial charge is 0.338 e. The van der Waals surface area contributed by atoms with Crippen LogP contribution >= 0.6 is 12.2 Å². The zero-order valence-corrected chi connectivity index (χ0v) is 17.2. The van der Waals surface area contributed by atoms with Crippen LogP contribution in [0.3, 0.4) is 0 Å². The molecular weight excluding hydrogens is 392 g/mol. The molecule has 2 rings (SSSR count). The normalized spacial score (nSPS) is 10.0. The van der Waals surface area contributed by atoms with Gasteiger partial charge in [-0.3, -0.25) is 4.79 Å². The van der Waals surface area contributed by atoms with Gasteiger partial charge in [-0.15, -0.1) is 0 Å². The van der Waals surface area contributed by atoms with Gasteiger partial charge in [0.15, 0.2) is 10.9 Å². The van der Waals surface area contributed by atoms with Crippen LogP contribution < -0.4 is 10.6 Å². The minimum absolute atomic E-state index is 0.0613. The Morgan fingerprint density at radius 2 is 1.34 bits per heavy atom. The van der Waals surface area contributed by atoms with Crippen LogP contribution in [-0.2, 0) is 9.47 Å². The molecule has 7 nitrogen and oxygen atoms in total. The summed E-state index contributed by atoms with van der Waals surface area (Å²) in [5.41, 5.74) is 1.98. The van der Waals surface area contributed by atoms with Crippen LogP contribution in [0.1, 0.15) is 51.8 Å². The first-order valence-electron chi connectivity index (χ1n) is 9.02. The van der Waals surface area contributed by atoms with Gasteiger partial charge in [-0.2, -0.15) is 0 Å². The van der Waals surface area contributed by atoms with Crippen molar-refractivity contribution >= 4 is 46.4 Å². The monoisotopic (exact) mass is 414 g/mol. The predicted molar refractivity (Wildman–Crippen MR) is 115 cm³/mol. The first-order valence-corrected chi connectivity index (χ1v) is 9.43. The van der Waals surface area contributed by atoms with Crippen LogP contribution in [0.15, 0.2) is 42.5 Å². The van der Waals surface area contributed by atoms with Crippen LogP contribution in [0.2, 0.25) is 0 Å². The fraction of sp³-hybridized carbons (Fsp3) is 0.238. The summed E-state index contributed by atoms with van der Waals surface area (Å²) in [6, 6.07) is 11.4. The Morgan fingerprint density at radius 3 is 1.86 bits per heavy atom. The average molecular weight is 414 g/mol. The highest BCUT2D eigenvalue weighted by Gasteiger charge is 2.15. The first kappa shape index (κ1) is 22.0.